The Hall–Kier alpha value is -0.840. The summed E-state index contributed by atoms with van der Waals surface area (Å²) in [5.41, 5.74) is 6.93. The van der Waals surface area contributed by atoms with Crippen LogP contribution in [0.25, 0.3) is 0 Å². The van der Waals surface area contributed by atoms with Crippen molar-refractivity contribution >= 4 is 31.9 Å². The topological polar surface area (TPSA) is 35.2 Å². The van der Waals surface area contributed by atoms with Gasteiger partial charge in [-0.05, 0) is 43.3 Å². The van der Waals surface area contributed by atoms with E-state index in [9.17, 15) is 0 Å². The van der Waals surface area contributed by atoms with Crippen LogP contribution in [0.4, 0.5) is 0 Å². The van der Waals surface area contributed by atoms with E-state index in [1.807, 2.05) is 49.4 Å². The molecular formula is C14H13Br2NO. The minimum Gasteiger partial charge on any atom is -0.457 e. The predicted molar refractivity (Wildman–Crippen MR) is 81.0 cm³/mol. The van der Waals surface area contributed by atoms with Crippen molar-refractivity contribution in [3.8, 4) is 11.5 Å². The van der Waals surface area contributed by atoms with E-state index in [0.29, 0.717) is 0 Å². The fourth-order valence-corrected chi connectivity index (χ4v) is 2.38. The third-order valence-corrected chi connectivity index (χ3v) is 3.47. The zero-order chi connectivity index (χ0) is 13.1. The smallest absolute Gasteiger partial charge is 0.132 e. The Kier molecular flexibility index (Phi) is 4.43. The number of hydrogen-bond donors (Lipinski definition) is 1. The molecule has 2 N–H and O–H groups in total. The van der Waals surface area contributed by atoms with E-state index in [2.05, 4.69) is 31.9 Å². The highest BCUT2D eigenvalue weighted by molar-refractivity contribution is 9.10. The molecule has 0 bridgehead atoms. The minimum absolute atomic E-state index is 0.0790. The zero-order valence-electron chi connectivity index (χ0n) is 9.86. The summed E-state index contributed by atoms with van der Waals surface area (Å²) < 4.78 is 7.86. The maximum absolute atomic E-state index is 5.96. The molecule has 2 aromatic rings. The van der Waals surface area contributed by atoms with Gasteiger partial charge in [-0.2, -0.15) is 0 Å². The number of nitrogens with two attached hydrogens (primary N) is 1. The number of benzene rings is 2. The van der Waals surface area contributed by atoms with Gasteiger partial charge < -0.3 is 10.5 Å². The second-order valence-corrected chi connectivity index (χ2v) is 5.86. The summed E-state index contributed by atoms with van der Waals surface area (Å²) in [4.78, 5) is 0. The molecule has 0 aliphatic carbocycles. The van der Waals surface area contributed by atoms with E-state index in [4.69, 9.17) is 10.5 Å². The van der Waals surface area contributed by atoms with Gasteiger partial charge in [0.15, 0.2) is 0 Å². The van der Waals surface area contributed by atoms with Gasteiger partial charge in [0.25, 0.3) is 0 Å². The largest absolute Gasteiger partial charge is 0.457 e. The van der Waals surface area contributed by atoms with Crippen LogP contribution in [0, 0.1) is 0 Å². The van der Waals surface area contributed by atoms with Crippen LogP contribution in [0.15, 0.2) is 51.4 Å². The molecule has 18 heavy (non-hydrogen) atoms. The van der Waals surface area contributed by atoms with Gasteiger partial charge >= 0.3 is 0 Å². The molecule has 1 unspecified atom stereocenters. The minimum atomic E-state index is -0.0790. The Morgan fingerprint density at radius 3 is 2.44 bits per heavy atom. The van der Waals surface area contributed by atoms with Crippen molar-refractivity contribution in [2.24, 2.45) is 5.73 Å². The first-order valence-electron chi connectivity index (χ1n) is 5.54. The summed E-state index contributed by atoms with van der Waals surface area (Å²) >= 11 is 6.87. The van der Waals surface area contributed by atoms with E-state index in [1.54, 1.807) is 0 Å². The lowest BCUT2D eigenvalue weighted by Crippen LogP contribution is -2.06. The third-order valence-electron chi connectivity index (χ3n) is 2.49. The summed E-state index contributed by atoms with van der Waals surface area (Å²) in [6.07, 6.45) is 0. The van der Waals surface area contributed by atoms with Crippen molar-refractivity contribution < 1.29 is 4.74 Å². The second kappa shape index (κ2) is 5.87. The van der Waals surface area contributed by atoms with E-state index in [1.165, 1.54) is 0 Å². The Morgan fingerprint density at radius 1 is 1.06 bits per heavy atom. The van der Waals surface area contributed by atoms with Crippen LogP contribution in [0.5, 0.6) is 11.5 Å². The van der Waals surface area contributed by atoms with Gasteiger partial charge in [-0.1, -0.05) is 37.9 Å². The van der Waals surface area contributed by atoms with E-state index < -0.39 is 0 Å². The van der Waals surface area contributed by atoms with E-state index in [0.717, 1.165) is 26.0 Å². The van der Waals surface area contributed by atoms with Crippen molar-refractivity contribution in [1.82, 2.24) is 0 Å². The van der Waals surface area contributed by atoms with Crippen molar-refractivity contribution in [1.29, 1.82) is 0 Å². The number of hydrogen-bond acceptors (Lipinski definition) is 2. The highest BCUT2D eigenvalue weighted by atomic mass is 79.9. The normalized spacial score (nSPS) is 12.2. The highest BCUT2D eigenvalue weighted by Crippen LogP contribution is 2.32. The van der Waals surface area contributed by atoms with Crippen LogP contribution in [0.2, 0.25) is 0 Å². The van der Waals surface area contributed by atoms with Crippen LogP contribution in [-0.2, 0) is 0 Å². The van der Waals surface area contributed by atoms with Crippen LogP contribution >= 0.6 is 31.9 Å². The maximum atomic E-state index is 5.96. The summed E-state index contributed by atoms with van der Waals surface area (Å²) in [6.45, 7) is 1.94. The molecule has 0 heterocycles. The summed E-state index contributed by atoms with van der Waals surface area (Å²) in [7, 11) is 0. The summed E-state index contributed by atoms with van der Waals surface area (Å²) in [5.74, 6) is 1.57. The number of rotatable bonds is 3. The molecule has 0 fully saturated rings. The van der Waals surface area contributed by atoms with Crippen LogP contribution < -0.4 is 10.5 Å². The third kappa shape index (κ3) is 3.34. The van der Waals surface area contributed by atoms with Gasteiger partial charge in [-0.25, -0.2) is 0 Å². The van der Waals surface area contributed by atoms with Gasteiger partial charge in [0.05, 0.1) is 0 Å². The van der Waals surface area contributed by atoms with Crippen molar-refractivity contribution in [2.45, 2.75) is 13.0 Å². The molecule has 1 atom stereocenters. The molecule has 0 aromatic heterocycles. The molecule has 0 saturated carbocycles. The van der Waals surface area contributed by atoms with Gasteiger partial charge in [0.2, 0.25) is 0 Å². The molecule has 0 aliphatic heterocycles. The SMILES string of the molecule is CC(N)c1cc(Br)ccc1Oc1cccc(Br)c1. The van der Waals surface area contributed by atoms with Crippen molar-refractivity contribution in [3.05, 3.63) is 57.0 Å². The van der Waals surface area contributed by atoms with Gasteiger partial charge in [-0.15, -0.1) is 0 Å². The average molecular weight is 371 g/mol. The van der Waals surface area contributed by atoms with Crippen LogP contribution in [-0.4, -0.2) is 0 Å². The highest BCUT2D eigenvalue weighted by Gasteiger charge is 2.09. The lowest BCUT2D eigenvalue weighted by atomic mass is 10.1. The number of halogens is 2. The Balaban J connectivity index is 2.34. The second-order valence-electron chi connectivity index (χ2n) is 4.03. The van der Waals surface area contributed by atoms with Gasteiger partial charge in [0.1, 0.15) is 11.5 Å². The standard InChI is InChI=1S/C14H13Br2NO/c1-9(17)13-8-11(16)5-6-14(13)18-12-4-2-3-10(15)7-12/h2-9H,17H2,1H3. The molecule has 0 amide bonds. The monoisotopic (exact) mass is 369 g/mol. The zero-order valence-corrected chi connectivity index (χ0v) is 13.0. The molecule has 2 rings (SSSR count). The Bertz CT molecular complexity index is 555. The molecular weight excluding hydrogens is 358 g/mol. The molecule has 2 aromatic carbocycles. The van der Waals surface area contributed by atoms with Crippen LogP contribution in [0.3, 0.4) is 0 Å². The Morgan fingerprint density at radius 2 is 1.78 bits per heavy atom. The Labute approximate surface area is 123 Å². The maximum Gasteiger partial charge on any atom is 0.132 e. The lowest BCUT2D eigenvalue weighted by Gasteiger charge is -2.14. The molecule has 0 saturated heterocycles. The molecule has 2 nitrogen and oxygen atoms in total. The molecule has 4 heteroatoms. The van der Waals surface area contributed by atoms with E-state index in [-0.39, 0.29) is 6.04 Å². The first-order valence-corrected chi connectivity index (χ1v) is 7.13. The van der Waals surface area contributed by atoms with Crippen LogP contribution in [0.1, 0.15) is 18.5 Å². The molecule has 0 radical (unpaired) electrons. The molecule has 0 aliphatic rings. The summed E-state index contributed by atoms with van der Waals surface area (Å²) in [5, 5.41) is 0. The fourth-order valence-electron chi connectivity index (χ4n) is 1.63. The quantitative estimate of drug-likeness (QED) is 0.822. The molecule has 0 spiro atoms. The summed E-state index contributed by atoms with van der Waals surface area (Å²) in [6, 6.07) is 13.5. The molecule has 94 valence electrons. The van der Waals surface area contributed by atoms with Gasteiger partial charge in [-0.3, -0.25) is 0 Å². The first-order chi connectivity index (χ1) is 8.56. The van der Waals surface area contributed by atoms with Crippen molar-refractivity contribution in [2.75, 3.05) is 0 Å². The average Bonchev–Trinajstić information content (AvgIpc) is 2.31. The van der Waals surface area contributed by atoms with E-state index >= 15 is 0 Å². The predicted octanol–water partition coefficient (Wildman–Crippen LogP) is 5.02. The lowest BCUT2D eigenvalue weighted by molar-refractivity contribution is 0.471. The van der Waals surface area contributed by atoms with Gasteiger partial charge in [0, 0.05) is 20.6 Å². The number of ether oxygens (including phenoxy) is 1. The van der Waals surface area contributed by atoms with Crippen molar-refractivity contribution in [3.63, 3.8) is 0 Å². The fraction of sp³-hybridized carbons (Fsp3) is 0.143. The first kappa shape index (κ1) is 13.6.